The van der Waals surface area contributed by atoms with Crippen LogP contribution in [0.5, 0.6) is 5.88 Å². The normalized spacial score (nSPS) is 11.0. The van der Waals surface area contributed by atoms with E-state index in [1.54, 1.807) is 24.3 Å². The monoisotopic (exact) mass is 378 g/mol. The molecule has 0 bridgehead atoms. The van der Waals surface area contributed by atoms with Crippen molar-refractivity contribution in [2.75, 3.05) is 0 Å². The molecule has 0 aliphatic carbocycles. The Bertz CT molecular complexity index is 924. The smallest absolute Gasteiger partial charge is 0.257 e. The highest BCUT2D eigenvalue weighted by Crippen LogP contribution is 2.24. The third-order valence-electron chi connectivity index (χ3n) is 3.29. The molecule has 0 unspecified atom stereocenters. The summed E-state index contributed by atoms with van der Waals surface area (Å²) in [7, 11) is 0. The SMILES string of the molecule is CCCn1c(SCc2nnc(-c3ccc(Cl)cc3)o2)nc(O)cc1=O. The van der Waals surface area contributed by atoms with Crippen LogP contribution >= 0.6 is 23.4 Å². The zero-order valence-corrected chi connectivity index (χ0v) is 14.9. The number of thioether (sulfide) groups is 1. The highest BCUT2D eigenvalue weighted by molar-refractivity contribution is 7.98. The average molecular weight is 379 g/mol. The van der Waals surface area contributed by atoms with Gasteiger partial charge < -0.3 is 9.52 Å². The van der Waals surface area contributed by atoms with Crippen molar-refractivity contribution < 1.29 is 9.52 Å². The zero-order valence-electron chi connectivity index (χ0n) is 13.3. The lowest BCUT2D eigenvalue weighted by Crippen LogP contribution is -2.21. The van der Waals surface area contributed by atoms with Crippen LogP contribution in [-0.2, 0) is 12.3 Å². The van der Waals surface area contributed by atoms with Crippen molar-refractivity contribution in [1.29, 1.82) is 0 Å². The van der Waals surface area contributed by atoms with Crippen LogP contribution in [0.4, 0.5) is 0 Å². The fourth-order valence-electron chi connectivity index (χ4n) is 2.16. The molecule has 0 atom stereocenters. The molecule has 0 aliphatic heterocycles. The van der Waals surface area contributed by atoms with Crippen molar-refractivity contribution in [3.8, 4) is 17.3 Å². The summed E-state index contributed by atoms with van der Waals surface area (Å²) in [5, 5.41) is 18.6. The molecule has 2 aromatic heterocycles. The Morgan fingerprint density at radius 2 is 2.04 bits per heavy atom. The van der Waals surface area contributed by atoms with Gasteiger partial charge in [0.15, 0.2) is 5.16 Å². The van der Waals surface area contributed by atoms with Gasteiger partial charge in [-0.15, -0.1) is 10.2 Å². The minimum atomic E-state index is -0.299. The summed E-state index contributed by atoms with van der Waals surface area (Å²) in [6.07, 6.45) is 0.779. The van der Waals surface area contributed by atoms with Crippen LogP contribution in [0.2, 0.25) is 5.02 Å². The Morgan fingerprint density at radius 3 is 2.76 bits per heavy atom. The molecule has 0 amide bonds. The molecule has 3 aromatic rings. The summed E-state index contributed by atoms with van der Waals surface area (Å²) in [5.74, 6) is 0.824. The standard InChI is InChI=1S/C16H15ClN4O3S/c1-2-7-21-14(23)8-12(22)18-16(21)25-9-13-19-20-15(24-13)10-3-5-11(17)6-4-10/h3-6,8,22H,2,7,9H2,1H3. The molecule has 0 aliphatic rings. The van der Waals surface area contributed by atoms with Crippen LogP contribution in [-0.4, -0.2) is 24.9 Å². The lowest BCUT2D eigenvalue weighted by Gasteiger charge is -2.09. The van der Waals surface area contributed by atoms with Gasteiger partial charge in [-0.25, -0.2) is 0 Å². The van der Waals surface area contributed by atoms with E-state index in [0.29, 0.717) is 34.3 Å². The maximum atomic E-state index is 12.0. The highest BCUT2D eigenvalue weighted by atomic mass is 35.5. The molecule has 130 valence electrons. The molecule has 25 heavy (non-hydrogen) atoms. The lowest BCUT2D eigenvalue weighted by atomic mass is 10.2. The number of hydrogen-bond donors (Lipinski definition) is 1. The van der Waals surface area contributed by atoms with Gasteiger partial charge in [-0.05, 0) is 30.7 Å². The second-order valence-electron chi connectivity index (χ2n) is 5.18. The zero-order chi connectivity index (χ0) is 17.8. The molecule has 0 saturated carbocycles. The summed E-state index contributed by atoms with van der Waals surface area (Å²) in [4.78, 5) is 16.0. The third kappa shape index (κ3) is 4.21. The molecule has 9 heteroatoms. The number of nitrogens with zero attached hydrogens (tertiary/aromatic N) is 4. The summed E-state index contributed by atoms with van der Waals surface area (Å²) < 4.78 is 7.14. The summed E-state index contributed by atoms with van der Waals surface area (Å²) >= 11 is 7.12. The van der Waals surface area contributed by atoms with Gasteiger partial charge in [-0.1, -0.05) is 30.3 Å². The number of rotatable bonds is 6. The number of hydrogen-bond acceptors (Lipinski definition) is 7. The van der Waals surface area contributed by atoms with Gasteiger partial charge in [0.25, 0.3) is 5.56 Å². The van der Waals surface area contributed by atoms with Crippen molar-refractivity contribution in [2.45, 2.75) is 30.8 Å². The molecule has 1 aromatic carbocycles. The van der Waals surface area contributed by atoms with E-state index < -0.39 is 0 Å². The van der Waals surface area contributed by atoms with Gasteiger partial charge >= 0.3 is 0 Å². The van der Waals surface area contributed by atoms with Crippen LogP contribution in [0.15, 0.2) is 44.7 Å². The first-order valence-corrected chi connectivity index (χ1v) is 8.95. The first-order valence-electron chi connectivity index (χ1n) is 7.59. The van der Waals surface area contributed by atoms with Crippen LogP contribution in [0.25, 0.3) is 11.5 Å². The summed E-state index contributed by atoms with van der Waals surface area (Å²) in [6.45, 7) is 2.48. The number of halogens is 1. The van der Waals surface area contributed by atoms with Gasteiger partial charge in [0.2, 0.25) is 17.7 Å². The quantitative estimate of drug-likeness (QED) is 0.519. The van der Waals surface area contributed by atoms with Crippen molar-refractivity contribution in [1.82, 2.24) is 19.7 Å². The van der Waals surface area contributed by atoms with E-state index in [2.05, 4.69) is 15.2 Å². The molecule has 3 rings (SSSR count). The molecular weight excluding hydrogens is 364 g/mol. The highest BCUT2D eigenvalue weighted by Gasteiger charge is 2.13. The molecule has 1 N–H and O–H groups in total. The molecule has 0 fully saturated rings. The van der Waals surface area contributed by atoms with Crippen LogP contribution < -0.4 is 5.56 Å². The predicted octanol–water partition coefficient (Wildman–Crippen LogP) is 3.35. The Kier molecular flexibility index (Phi) is 5.40. The van der Waals surface area contributed by atoms with Gasteiger partial charge in [0.05, 0.1) is 11.8 Å². The van der Waals surface area contributed by atoms with Crippen molar-refractivity contribution in [3.63, 3.8) is 0 Å². The van der Waals surface area contributed by atoms with Gasteiger partial charge in [0.1, 0.15) is 0 Å². The van der Waals surface area contributed by atoms with Crippen molar-refractivity contribution in [3.05, 3.63) is 51.6 Å². The van der Waals surface area contributed by atoms with Gasteiger partial charge in [0, 0.05) is 17.1 Å². The van der Waals surface area contributed by atoms with Crippen LogP contribution in [0.3, 0.4) is 0 Å². The lowest BCUT2D eigenvalue weighted by molar-refractivity contribution is 0.431. The maximum Gasteiger partial charge on any atom is 0.257 e. The predicted molar refractivity (Wildman–Crippen MR) is 94.8 cm³/mol. The fraction of sp³-hybridized carbons (Fsp3) is 0.250. The average Bonchev–Trinajstić information content (AvgIpc) is 3.05. The minimum absolute atomic E-state index is 0.288. The molecular formula is C16H15ClN4O3S. The molecule has 2 heterocycles. The van der Waals surface area contributed by atoms with E-state index in [1.807, 2.05) is 6.92 Å². The van der Waals surface area contributed by atoms with Crippen LogP contribution in [0.1, 0.15) is 19.2 Å². The fourth-order valence-corrected chi connectivity index (χ4v) is 3.15. The first kappa shape index (κ1) is 17.5. The van der Waals surface area contributed by atoms with Crippen molar-refractivity contribution >= 4 is 23.4 Å². The third-order valence-corrected chi connectivity index (χ3v) is 4.50. The molecule has 0 spiro atoms. The molecule has 0 radical (unpaired) electrons. The molecule has 0 saturated heterocycles. The first-order chi connectivity index (χ1) is 12.1. The van der Waals surface area contributed by atoms with Gasteiger partial charge in [-0.3, -0.25) is 9.36 Å². The Morgan fingerprint density at radius 1 is 1.28 bits per heavy atom. The Hall–Kier alpha value is -2.32. The molecule has 7 nitrogen and oxygen atoms in total. The Balaban J connectivity index is 1.76. The second kappa shape index (κ2) is 7.71. The largest absolute Gasteiger partial charge is 0.493 e. The van der Waals surface area contributed by atoms with Gasteiger partial charge in [-0.2, -0.15) is 4.98 Å². The van der Waals surface area contributed by atoms with E-state index in [-0.39, 0.29) is 11.4 Å². The van der Waals surface area contributed by atoms with E-state index >= 15 is 0 Å². The second-order valence-corrected chi connectivity index (χ2v) is 6.56. The Labute approximate surface area is 152 Å². The topological polar surface area (TPSA) is 94.0 Å². The summed E-state index contributed by atoms with van der Waals surface area (Å²) in [5.41, 5.74) is 0.482. The van der Waals surface area contributed by atoms with E-state index in [4.69, 9.17) is 16.0 Å². The van der Waals surface area contributed by atoms with Crippen molar-refractivity contribution in [2.24, 2.45) is 0 Å². The maximum absolute atomic E-state index is 12.0. The van der Waals surface area contributed by atoms with Crippen LogP contribution in [0, 0.1) is 0 Å². The van der Waals surface area contributed by atoms with E-state index in [0.717, 1.165) is 18.1 Å². The minimum Gasteiger partial charge on any atom is -0.493 e. The van der Waals surface area contributed by atoms with E-state index in [1.165, 1.54) is 16.3 Å². The number of aromatic hydroxyl groups is 1. The summed E-state index contributed by atoms with van der Waals surface area (Å²) in [6, 6.07) is 8.18. The number of benzene rings is 1. The van der Waals surface area contributed by atoms with E-state index in [9.17, 15) is 9.90 Å². The number of aromatic nitrogens is 4.